The van der Waals surface area contributed by atoms with Crippen LogP contribution in [0.2, 0.25) is 0 Å². The molecular weight excluding hydrogens is 198 g/mol. The number of aldehydes is 1. The van der Waals surface area contributed by atoms with Crippen LogP contribution in [0.3, 0.4) is 0 Å². The van der Waals surface area contributed by atoms with E-state index < -0.39 is 0 Å². The molecule has 2 aromatic carbocycles. The summed E-state index contributed by atoms with van der Waals surface area (Å²) < 4.78 is 0. The molecule has 0 unspecified atom stereocenters. The molecule has 0 aliphatic rings. The summed E-state index contributed by atoms with van der Waals surface area (Å²) in [6.45, 7) is 0. The van der Waals surface area contributed by atoms with E-state index in [0.29, 0.717) is 5.56 Å². The van der Waals surface area contributed by atoms with Crippen LogP contribution < -0.4 is 5.32 Å². The zero-order valence-corrected chi connectivity index (χ0v) is 9.10. The van der Waals surface area contributed by atoms with Crippen molar-refractivity contribution in [2.24, 2.45) is 0 Å². The third kappa shape index (κ3) is 2.11. The van der Waals surface area contributed by atoms with E-state index in [1.807, 2.05) is 49.5 Å². The first-order valence-electron chi connectivity index (χ1n) is 5.17. The van der Waals surface area contributed by atoms with Gasteiger partial charge in [0.05, 0.1) is 0 Å². The molecule has 0 atom stereocenters. The maximum absolute atomic E-state index is 10.7. The van der Waals surface area contributed by atoms with E-state index in [9.17, 15) is 4.79 Å². The van der Waals surface area contributed by atoms with Crippen molar-refractivity contribution < 1.29 is 4.79 Å². The van der Waals surface area contributed by atoms with Crippen molar-refractivity contribution in [2.45, 2.75) is 0 Å². The molecule has 0 aliphatic carbocycles. The summed E-state index contributed by atoms with van der Waals surface area (Å²) >= 11 is 0. The average molecular weight is 211 g/mol. The zero-order valence-electron chi connectivity index (χ0n) is 9.10. The van der Waals surface area contributed by atoms with Crippen LogP contribution in [0.5, 0.6) is 0 Å². The van der Waals surface area contributed by atoms with E-state index in [4.69, 9.17) is 0 Å². The Morgan fingerprint density at radius 3 is 2.38 bits per heavy atom. The van der Waals surface area contributed by atoms with Gasteiger partial charge in [-0.25, -0.2) is 0 Å². The fourth-order valence-electron chi connectivity index (χ4n) is 1.62. The van der Waals surface area contributed by atoms with Crippen LogP contribution in [0.25, 0.3) is 11.1 Å². The van der Waals surface area contributed by atoms with E-state index >= 15 is 0 Å². The van der Waals surface area contributed by atoms with E-state index in [0.717, 1.165) is 23.1 Å². The highest BCUT2D eigenvalue weighted by Gasteiger charge is 1.98. The summed E-state index contributed by atoms with van der Waals surface area (Å²) in [7, 11) is 1.89. The number of benzene rings is 2. The Labute approximate surface area is 94.9 Å². The Morgan fingerprint density at radius 2 is 1.75 bits per heavy atom. The fourth-order valence-corrected chi connectivity index (χ4v) is 1.62. The lowest BCUT2D eigenvalue weighted by Gasteiger charge is -2.04. The molecule has 0 amide bonds. The molecule has 0 fully saturated rings. The maximum Gasteiger partial charge on any atom is 0.150 e. The van der Waals surface area contributed by atoms with Gasteiger partial charge in [-0.3, -0.25) is 4.79 Å². The number of carbonyl (C=O) groups is 1. The van der Waals surface area contributed by atoms with Gasteiger partial charge in [-0.15, -0.1) is 0 Å². The lowest BCUT2D eigenvalue weighted by Crippen LogP contribution is -1.87. The zero-order chi connectivity index (χ0) is 11.4. The number of anilines is 1. The van der Waals surface area contributed by atoms with E-state index in [1.54, 1.807) is 6.07 Å². The van der Waals surface area contributed by atoms with Gasteiger partial charge in [0, 0.05) is 18.3 Å². The highest BCUT2D eigenvalue weighted by Crippen LogP contribution is 2.21. The van der Waals surface area contributed by atoms with Gasteiger partial charge < -0.3 is 5.32 Å². The SMILES string of the molecule is CNc1ccc(-c2cccc(C=O)c2)cc1. The number of hydrogen-bond acceptors (Lipinski definition) is 2. The van der Waals surface area contributed by atoms with Crippen molar-refractivity contribution in [2.75, 3.05) is 12.4 Å². The van der Waals surface area contributed by atoms with Crippen molar-refractivity contribution in [1.29, 1.82) is 0 Å². The van der Waals surface area contributed by atoms with Crippen molar-refractivity contribution in [3.8, 4) is 11.1 Å². The molecule has 0 aliphatic heterocycles. The second-order valence-corrected chi connectivity index (χ2v) is 3.57. The highest BCUT2D eigenvalue weighted by molar-refractivity contribution is 5.79. The minimum absolute atomic E-state index is 0.704. The molecule has 80 valence electrons. The molecule has 0 bridgehead atoms. The molecule has 2 aromatic rings. The Kier molecular flexibility index (Phi) is 3.01. The smallest absolute Gasteiger partial charge is 0.150 e. The number of rotatable bonds is 3. The molecule has 0 saturated heterocycles. The van der Waals surface area contributed by atoms with Crippen molar-refractivity contribution in [3.63, 3.8) is 0 Å². The summed E-state index contributed by atoms with van der Waals surface area (Å²) in [5, 5.41) is 3.07. The highest BCUT2D eigenvalue weighted by atomic mass is 16.1. The molecule has 1 N–H and O–H groups in total. The van der Waals surface area contributed by atoms with E-state index in [2.05, 4.69) is 5.32 Å². The lowest BCUT2D eigenvalue weighted by molar-refractivity contribution is 0.112. The van der Waals surface area contributed by atoms with Gasteiger partial charge in [-0.05, 0) is 29.3 Å². The predicted octanol–water partition coefficient (Wildman–Crippen LogP) is 3.21. The topological polar surface area (TPSA) is 29.1 Å². The van der Waals surface area contributed by atoms with Crippen molar-refractivity contribution >= 4 is 12.0 Å². The van der Waals surface area contributed by atoms with Gasteiger partial charge in [-0.2, -0.15) is 0 Å². The Morgan fingerprint density at radius 1 is 1.00 bits per heavy atom. The molecule has 0 spiro atoms. The summed E-state index contributed by atoms with van der Waals surface area (Å²) in [4.78, 5) is 10.7. The first-order valence-corrected chi connectivity index (χ1v) is 5.17. The molecule has 2 nitrogen and oxygen atoms in total. The van der Waals surface area contributed by atoms with Crippen LogP contribution in [0.1, 0.15) is 10.4 Å². The first kappa shape index (κ1) is 10.4. The van der Waals surface area contributed by atoms with Crippen LogP contribution in [0, 0.1) is 0 Å². The van der Waals surface area contributed by atoms with Crippen LogP contribution in [0.15, 0.2) is 48.5 Å². The number of nitrogens with one attached hydrogen (secondary N) is 1. The maximum atomic E-state index is 10.7. The predicted molar refractivity (Wildman–Crippen MR) is 66.8 cm³/mol. The van der Waals surface area contributed by atoms with Crippen molar-refractivity contribution in [3.05, 3.63) is 54.1 Å². The second-order valence-electron chi connectivity index (χ2n) is 3.57. The lowest BCUT2D eigenvalue weighted by atomic mass is 10.0. The van der Waals surface area contributed by atoms with Crippen molar-refractivity contribution in [1.82, 2.24) is 0 Å². The monoisotopic (exact) mass is 211 g/mol. The van der Waals surface area contributed by atoms with Gasteiger partial charge in [0.25, 0.3) is 0 Å². The molecule has 2 rings (SSSR count). The number of carbonyl (C=O) groups excluding carboxylic acids is 1. The molecule has 0 aromatic heterocycles. The van der Waals surface area contributed by atoms with Crippen LogP contribution in [0.4, 0.5) is 5.69 Å². The summed E-state index contributed by atoms with van der Waals surface area (Å²) in [6.07, 6.45) is 0.867. The first-order chi connectivity index (χ1) is 7.83. The van der Waals surface area contributed by atoms with E-state index in [-0.39, 0.29) is 0 Å². The standard InChI is InChI=1S/C14H13NO/c1-15-14-7-5-12(6-8-14)13-4-2-3-11(9-13)10-16/h2-10,15H,1H3. The minimum atomic E-state index is 0.704. The quantitative estimate of drug-likeness (QED) is 0.790. The third-order valence-electron chi connectivity index (χ3n) is 2.53. The Balaban J connectivity index is 2.38. The molecule has 0 radical (unpaired) electrons. The molecular formula is C14H13NO. The van der Waals surface area contributed by atoms with Crippen LogP contribution in [-0.2, 0) is 0 Å². The third-order valence-corrected chi connectivity index (χ3v) is 2.53. The molecule has 0 heterocycles. The minimum Gasteiger partial charge on any atom is -0.388 e. The summed E-state index contributed by atoms with van der Waals surface area (Å²) in [5.74, 6) is 0. The fraction of sp³-hybridized carbons (Fsp3) is 0.0714. The second kappa shape index (κ2) is 4.62. The van der Waals surface area contributed by atoms with Gasteiger partial charge >= 0.3 is 0 Å². The van der Waals surface area contributed by atoms with Gasteiger partial charge in [-0.1, -0.05) is 30.3 Å². The van der Waals surface area contributed by atoms with E-state index in [1.165, 1.54) is 0 Å². The summed E-state index contributed by atoms with van der Waals surface area (Å²) in [5.41, 5.74) is 3.96. The normalized spacial score (nSPS) is 9.81. The van der Waals surface area contributed by atoms with Gasteiger partial charge in [0.1, 0.15) is 6.29 Å². The average Bonchev–Trinajstić information content (AvgIpc) is 2.39. The largest absolute Gasteiger partial charge is 0.388 e. The van der Waals surface area contributed by atoms with Gasteiger partial charge in [0.2, 0.25) is 0 Å². The number of hydrogen-bond donors (Lipinski definition) is 1. The molecule has 2 heteroatoms. The van der Waals surface area contributed by atoms with Crippen LogP contribution in [-0.4, -0.2) is 13.3 Å². The summed E-state index contributed by atoms with van der Waals surface area (Å²) in [6, 6.07) is 15.7. The van der Waals surface area contributed by atoms with Crippen LogP contribution >= 0.6 is 0 Å². The molecule has 16 heavy (non-hydrogen) atoms. The molecule has 0 saturated carbocycles. The Hall–Kier alpha value is -2.09. The van der Waals surface area contributed by atoms with Gasteiger partial charge in [0.15, 0.2) is 0 Å². The Bertz CT molecular complexity index is 488.